The number of para-hydroxylation sites is 2. The molecule has 240 valence electrons. The molecule has 2 aromatic carbocycles. The quantitative estimate of drug-likeness (QED) is 0.258. The average Bonchev–Trinajstić information content (AvgIpc) is 3.16. The molecule has 0 spiro atoms. The first kappa shape index (κ1) is 36.5. The molecule has 0 aliphatic carbocycles. The summed E-state index contributed by atoms with van der Waals surface area (Å²) in [7, 11) is 0. The Morgan fingerprint density at radius 3 is 1.02 bits per heavy atom. The van der Waals surface area contributed by atoms with Gasteiger partial charge < -0.3 is 56.7 Å². The van der Waals surface area contributed by atoms with E-state index >= 15 is 0 Å². The third kappa shape index (κ3) is 8.40. The Morgan fingerprint density at radius 1 is 0.388 bits per heavy atom. The fourth-order valence-electron chi connectivity index (χ4n) is 5.00. The van der Waals surface area contributed by atoms with Gasteiger partial charge >= 0.3 is 19.5 Å². The van der Waals surface area contributed by atoms with E-state index in [1.165, 1.54) is 0 Å². The van der Waals surface area contributed by atoms with Crippen LogP contribution in [0.1, 0.15) is 0 Å². The molecule has 0 unspecified atom stereocenters. The average molecular weight is 767 g/mol. The summed E-state index contributed by atoms with van der Waals surface area (Å²) >= 11 is 0. The third-order valence-electron chi connectivity index (χ3n) is 7.10. The van der Waals surface area contributed by atoms with Gasteiger partial charge in [-0.3, -0.25) is 0 Å². The second-order valence-electron chi connectivity index (χ2n) is 10.1. The second kappa shape index (κ2) is 17.7. The molecule has 0 atom stereocenters. The van der Waals surface area contributed by atoms with Crippen molar-refractivity contribution in [3.63, 3.8) is 0 Å². The number of halogens is 2. The molecule has 8 nitrogen and oxygen atoms in total. The Balaban J connectivity index is 0.000000173. The Labute approximate surface area is 310 Å². The molecule has 0 radical (unpaired) electrons. The van der Waals surface area contributed by atoms with Gasteiger partial charge in [0.15, 0.2) is 0 Å². The summed E-state index contributed by atoms with van der Waals surface area (Å²) in [6.07, 6.45) is 41.7. The first-order chi connectivity index (χ1) is 22.8. The van der Waals surface area contributed by atoms with E-state index in [1.807, 2.05) is 121 Å². The number of hydrogen-bond acceptors (Lipinski definition) is 2. The molecule has 0 saturated heterocycles. The molecule has 1 aromatic heterocycles. The van der Waals surface area contributed by atoms with Crippen LogP contribution in [0.5, 0.6) is 0 Å². The van der Waals surface area contributed by atoms with Gasteiger partial charge in [-0.25, -0.2) is 9.97 Å². The molecule has 3 aromatic rings. The van der Waals surface area contributed by atoms with Crippen LogP contribution in [0.4, 0.5) is 11.4 Å². The number of nitrogens with zero attached hydrogens (tertiary/aromatic N) is 8. The Morgan fingerprint density at radius 2 is 0.714 bits per heavy atom. The van der Waals surface area contributed by atoms with Gasteiger partial charge in [0.25, 0.3) is 0 Å². The van der Waals surface area contributed by atoms with Crippen molar-refractivity contribution in [1.29, 1.82) is 0 Å². The van der Waals surface area contributed by atoms with Gasteiger partial charge in [-0.1, -0.05) is 109 Å². The van der Waals surface area contributed by atoms with Crippen LogP contribution in [-0.4, -0.2) is 9.97 Å². The van der Waals surface area contributed by atoms with Gasteiger partial charge in [0, 0.05) is 0 Å². The smallest absolute Gasteiger partial charge is 1.00 e. The summed E-state index contributed by atoms with van der Waals surface area (Å²) in [5, 5.41) is 27.7. The fraction of sp³-hybridized carbons (Fsp3) is 0. The standard InChI is InChI=1S/C18H10N4.2C10H8N2.2ClH.Ru/c1-2-8-14-13(7-1)21-17-11-5-3-9-19-15(11)16-12(18(17)22-14)6-4-10-20-16;2*1-3-7-11-9(5-1)10-6-2-4-8-12-10;;;/h1-10H;2*1-8H;2*1H;/q3*-2;;;+8/p-2/b;2*10-9-;;;. The maximum atomic E-state index is 4.83. The molecule has 6 aliphatic rings. The molecular weight excluding hydrogens is 740 g/mol. The minimum atomic E-state index is 0. The van der Waals surface area contributed by atoms with Crippen molar-refractivity contribution in [2.24, 2.45) is 0 Å². The molecule has 0 N–H and O–H groups in total. The Hall–Kier alpha value is -5.34. The van der Waals surface area contributed by atoms with Crippen LogP contribution < -0.4 is 35.3 Å². The topological polar surface area (TPSA) is 110 Å². The second-order valence-corrected chi connectivity index (χ2v) is 10.1. The summed E-state index contributed by atoms with van der Waals surface area (Å²) in [6.45, 7) is 0. The number of aromatic nitrogens is 2. The van der Waals surface area contributed by atoms with Gasteiger partial charge in [0.05, 0.1) is 22.1 Å². The molecule has 49 heavy (non-hydrogen) atoms. The molecule has 6 aliphatic heterocycles. The van der Waals surface area contributed by atoms with Crippen LogP contribution in [0.25, 0.3) is 66.1 Å². The van der Waals surface area contributed by atoms with Crippen molar-refractivity contribution in [2.75, 3.05) is 0 Å². The van der Waals surface area contributed by atoms with E-state index in [9.17, 15) is 0 Å². The van der Waals surface area contributed by atoms with E-state index in [0.29, 0.717) is 0 Å². The molecule has 0 fully saturated rings. The normalized spacial score (nSPS) is 18.9. The minimum Gasteiger partial charge on any atom is -1.00 e. The van der Waals surface area contributed by atoms with Gasteiger partial charge in [-0.05, 0) is 22.6 Å². The maximum absolute atomic E-state index is 4.83. The van der Waals surface area contributed by atoms with Crippen molar-refractivity contribution in [3.8, 4) is 0 Å². The Bertz CT molecular complexity index is 2000. The molecule has 9 rings (SSSR count). The van der Waals surface area contributed by atoms with Crippen molar-refractivity contribution < 1.29 is 44.3 Å². The SMILES string of the molecule is C1=C[N-]/C(=C2/C=CC=C[N-]2)C=C1.C1=C[N-]/C(=C2/C=CC=C[N-]2)C=C1.C1=C[N-]c2c3c(c4nc5ccccc5nc4c2=C1)=CC=C[N-]3.[Cl-].[Cl-].[Ru+8]. The first-order valence-electron chi connectivity index (χ1n) is 14.7. The molecule has 0 bridgehead atoms. The molecule has 0 amide bonds. The zero-order chi connectivity index (χ0) is 31.0. The molecule has 7 heterocycles. The first-order valence-corrected chi connectivity index (χ1v) is 14.7. The zero-order valence-corrected chi connectivity index (χ0v) is 28.9. The van der Waals surface area contributed by atoms with Crippen LogP contribution in [0, 0.1) is 0 Å². The molecule has 11 heteroatoms. The summed E-state index contributed by atoms with van der Waals surface area (Å²) in [5.74, 6) is 0. The predicted molar refractivity (Wildman–Crippen MR) is 190 cm³/mol. The maximum Gasteiger partial charge on any atom is 8.00 e. The number of hydrogen-bond donors (Lipinski definition) is 0. The van der Waals surface area contributed by atoms with Crippen molar-refractivity contribution in [2.45, 2.75) is 0 Å². The van der Waals surface area contributed by atoms with Crippen LogP contribution in [-0.2, 0) is 19.5 Å². The number of benzene rings is 2. The van der Waals surface area contributed by atoms with E-state index in [1.54, 1.807) is 37.2 Å². The van der Waals surface area contributed by atoms with Crippen molar-refractivity contribution in [1.82, 2.24) is 9.97 Å². The van der Waals surface area contributed by atoms with Crippen LogP contribution in [0.3, 0.4) is 0 Å². The van der Waals surface area contributed by atoms with E-state index in [2.05, 4.69) is 31.9 Å². The monoisotopic (exact) mass is 766 g/mol. The van der Waals surface area contributed by atoms with Gasteiger partial charge in [-0.15, -0.1) is 11.4 Å². The Kier molecular flexibility index (Phi) is 13.2. The number of fused-ring (bicyclic) bond motifs is 7. The summed E-state index contributed by atoms with van der Waals surface area (Å²) in [5.41, 5.74) is 8.94. The summed E-state index contributed by atoms with van der Waals surface area (Å²) < 4.78 is 0. The van der Waals surface area contributed by atoms with E-state index in [-0.39, 0.29) is 44.3 Å². The third-order valence-corrected chi connectivity index (χ3v) is 7.10. The van der Waals surface area contributed by atoms with Crippen molar-refractivity contribution >= 4 is 45.6 Å². The summed E-state index contributed by atoms with van der Waals surface area (Å²) in [6, 6.07) is 7.92. The predicted octanol–water partition coefficient (Wildman–Crippen LogP) is 3.64. The fourth-order valence-corrected chi connectivity index (χ4v) is 5.00. The van der Waals surface area contributed by atoms with Crippen LogP contribution >= 0.6 is 0 Å². The minimum absolute atomic E-state index is 0. The van der Waals surface area contributed by atoms with E-state index < -0.39 is 0 Å². The van der Waals surface area contributed by atoms with E-state index in [0.717, 1.165) is 66.7 Å². The largest absolute Gasteiger partial charge is 8.00 e. The van der Waals surface area contributed by atoms with Crippen LogP contribution in [0.15, 0.2) is 169 Å². The molecule has 0 saturated carbocycles. The molecular formula is C38H26Cl2N8Ru. The summed E-state index contributed by atoms with van der Waals surface area (Å²) in [4.78, 5) is 9.65. The zero-order valence-electron chi connectivity index (χ0n) is 25.7. The van der Waals surface area contributed by atoms with Gasteiger partial charge in [0.1, 0.15) is 0 Å². The van der Waals surface area contributed by atoms with Crippen molar-refractivity contribution in [3.05, 3.63) is 212 Å². The van der Waals surface area contributed by atoms with Crippen LogP contribution in [0.2, 0.25) is 0 Å². The van der Waals surface area contributed by atoms with Gasteiger partial charge in [0.2, 0.25) is 0 Å². The van der Waals surface area contributed by atoms with E-state index in [4.69, 9.17) is 9.97 Å². The van der Waals surface area contributed by atoms with Gasteiger partial charge in [-0.2, -0.15) is 60.0 Å². The number of allylic oxidation sites excluding steroid dienone is 14. The number of rotatable bonds is 0.